The van der Waals surface area contributed by atoms with Gasteiger partial charge in [-0.1, -0.05) is 36.7 Å². The number of hydrogen-bond acceptors (Lipinski definition) is 6. The molecule has 33 heavy (non-hydrogen) atoms. The zero-order valence-electron chi connectivity index (χ0n) is 19.3. The molecule has 5 nitrogen and oxygen atoms in total. The molecule has 176 valence electrons. The first-order valence-electron chi connectivity index (χ1n) is 11.7. The summed E-state index contributed by atoms with van der Waals surface area (Å²) < 4.78 is 11.9. The number of cyclic esters (lactones) is 1. The van der Waals surface area contributed by atoms with E-state index in [1.807, 2.05) is 26.0 Å². The predicted molar refractivity (Wildman–Crippen MR) is 130 cm³/mol. The summed E-state index contributed by atoms with van der Waals surface area (Å²) in [5.41, 5.74) is 0.483. The molecule has 0 bridgehead atoms. The molecule has 0 amide bonds. The van der Waals surface area contributed by atoms with E-state index in [-0.39, 0.29) is 28.4 Å². The smallest absolute Gasteiger partial charge is 0.349 e. The number of aryl methyl sites for hydroxylation is 1. The van der Waals surface area contributed by atoms with Gasteiger partial charge in [-0.2, -0.15) is 0 Å². The molecule has 1 unspecified atom stereocenters. The first-order chi connectivity index (χ1) is 15.8. The molecule has 4 rings (SSSR count). The van der Waals surface area contributed by atoms with Crippen LogP contribution < -0.4 is 4.74 Å². The molecule has 2 aromatic carbocycles. The summed E-state index contributed by atoms with van der Waals surface area (Å²) in [5.74, 6) is 0.918. The molecule has 2 N–H and O–H groups in total. The van der Waals surface area contributed by atoms with Crippen LogP contribution >= 0.6 is 11.8 Å². The molecule has 0 aromatic heterocycles. The minimum absolute atomic E-state index is 0.108. The zero-order valence-corrected chi connectivity index (χ0v) is 20.1. The number of rotatable bonds is 8. The van der Waals surface area contributed by atoms with E-state index in [0.29, 0.717) is 12.8 Å². The van der Waals surface area contributed by atoms with Crippen LogP contribution in [-0.4, -0.2) is 27.9 Å². The topological polar surface area (TPSA) is 76.0 Å². The number of esters is 1. The summed E-state index contributed by atoms with van der Waals surface area (Å²) in [6, 6.07) is 14.7. The molecule has 0 radical (unpaired) electrons. The number of phenols is 1. The molecule has 1 fully saturated rings. The lowest BCUT2D eigenvalue weighted by Gasteiger charge is -2.41. The first-order valence-corrected chi connectivity index (χ1v) is 12.5. The molecular weight excluding hydrogens is 436 g/mol. The highest BCUT2D eigenvalue weighted by Gasteiger charge is 2.48. The first kappa shape index (κ1) is 23.6. The fourth-order valence-corrected chi connectivity index (χ4v) is 5.69. The third kappa shape index (κ3) is 5.67. The normalized spacial score (nSPS) is 21.5. The van der Waals surface area contributed by atoms with Gasteiger partial charge in [-0.3, -0.25) is 0 Å². The van der Waals surface area contributed by atoms with Gasteiger partial charge in [0.2, 0.25) is 0 Å². The van der Waals surface area contributed by atoms with Crippen LogP contribution in [0.15, 0.2) is 64.1 Å². The number of ether oxygens (including phenoxy) is 2. The molecule has 2 aliphatic rings. The number of benzene rings is 2. The van der Waals surface area contributed by atoms with E-state index in [1.165, 1.54) is 11.8 Å². The highest BCUT2D eigenvalue weighted by Crippen LogP contribution is 2.48. The lowest BCUT2D eigenvalue weighted by molar-refractivity contribution is -0.166. The maximum Gasteiger partial charge on any atom is 0.349 e. The number of phenolic OH excluding ortho intramolecular Hbond substituents is 1. The second kappa shape index (κ2) is 10.1. The highest BCUT2D eigenvalue weighted by atomic mass is 32.2. The van der Waals surface area contributed by atoms with E-state index in [2.05, 4.69) is 12.1 Å². The largest absolute Gasteiger partial charge is 0.511 e. The van der Waals surface area contributed by atoms with Gasteiger partial charge in [-0.05, 0) is 87.4 Å². The Morgan fingerprint density at radius 2 is 1.73 bits per heavy atom. The average Bonchev–Trinajstić information content (AvgIpc) is 3.33. The van der Waals surface area contributed by atoms with Crippen molar-refractivity contribution in [3.05, 3.63) is 64.8 Å². The summed E-state index contributed by atoms with van der Waals surface area (Å²) in [6.07, 6.45) is 6.21. The van der Waals surface area contributed by atoms with Crippen molar-refractivity contribution in [2.24, 2.45) is 5.92 Å². The second-order valence-electron chi connectivity index (χ2n) is 9.29. The molecule has 0 saturated heterocycles. The molecule has 1 saturated carbocycles. The van der Waals surface area contributed by atoms with Crippen molar-refractivity contribution in [1.29, 1.82) is 0 Å². The minimum Gasteiger partial charge on any atom is -0.511 e. The van der Waals surface area contributed by atoms with Gasteiger partial charge in [0, 0.05) is 11.3 Å². The van der Waals surface area contributed by atoms with Crippen molar-refractivity contribution >= 4 is 17.7 Å². The Morgan fingerprint density at radius 3 is 2.33 bits per heavy atom. The molecular formula is C27H32O5S. The Kier molecular flexibility index (Phi) is 7.23. The van der Waals surface area contributed by atoms with Crippen LogP contribution in [0.4, 0.5) is 0 Å². The number of aromatic hydroxyl groups is 1. The minimum atomic E-state index is -0.677. The Bertz CT molecular complexity index is 990. The zero-order chi connectivity index (χ0) is 23.4. The Hall–Kier alpha value is -2.60. The molecule has 1 aliphatic carbocycles. The lowest BCUT2D eigenvalue weighted by Crippen LogP contribution is -2.45. The number of carbonyl (C=O) groups is 1. The van der Waals surface area contributed by atoms with Crippen LogP contribution in [0.5, 0.6) is 11.5 Å². The van der Waals surface area contributed by atoms with Gasteiger partial charge in [0.15, 0.2) is 0 Å². The van der Waals surface area contributed by atoms with E-state index in [1.54, 1.807) is 24.3 Å². The van der Waals surface area contributed by atoms with Gasteiger partial charge in [-0.25, -0.2) is 4.79 Å². The molecule has 2 aromatic rings. The number of carbonyl (C=O) groups excluding carboxylic acids is 1. The number of aliphatic hydroxyl groups is 1. The molecule has 0 spiro atoms. The van der Waals surface area contributed by atoms with Crippen LogP contribution in [0, 0.1) is 5.92 Å². The van der Waals surface area contributed by atoms with E-state index in [0.717, 1.165) is 48.3 Å². The van der Waals surface area contributed by atoms with E-state index >= 15 is 0 Å². The Balaban J connectivity index is 1.51. The summed E-state index contributed by atoms with van der Waals surface area (Å²) >= 11 is 1.18. The summed E-state index contributed by atoms with van der Waals surface area (Å²) in [4.78, 5) is 14.1. The monoisotopic (exact) mass is 468 g/mol. The fraction of sp³-hybridized carbons (Fsp3) is 0.444. The Labute approximate surface area is 199 Å². The van der Waals surface area contributed by atoms with E-state index in [9.17, 15) is 15.0 Å². The van der Waals surface area contributed by atoms with Crippen molar-refractivity contribution in [2.45, 2.75) is 75.4 Å². The number of thioether (sulfide) groups is 1. The number of aliphatic hydroxyl groups excluding tert-OH is 1. The molecule has 1 heterocycles. The average molecular weight is 469 g/mol. The molecule has 1 aliphatic heterocycles. The third-order valence-corrected chi connectivity index (χ3v) is 7.61. The van der Waals surface area contributed by atoms with Crippen LogP contribution in [-0.2, 0) is 16.0 Å². The molecule has 6 heteroatoms. The summed E-state index contributed by atoms with van der Waals surface area (Å²) in [5, 5.41) is 20.5. The fourth-order valence-electron chi connectivity index (χ4n) is 4.87. The van der Waals surface area contributed by atoms with Gasteiger partial charge >= 0.3 is 5.97 Å². The van der Waals surface area contributed by atoms with Crippen molar-refractivity contribution < 1.29 is 24.5 Å². The number of hydrogen-bond donors (Lipinski definition) is 2. The second-order valence-corrected chi connectivity index (χ2v) is 10.4. The van der Waals surface area contributed by atoms with Crippen molar-refractivity contribution in [2.75, 3.05) is 0 Å². The van der Waals surface area contributed by atoms with Crippen LogP contribution in [0.2, 0.25) is 0 Å². The lowest BCUT2D eigenvalue weighted by atomic mass is 9.77. The highest BCUT2D eigenvalue weighted by molar-refractivity contribution is 8.04. The van der Waals surface area contributed by atoms with Gasteiger partial charge in [0.25, 0.3) is 0 Å². The maximum absolute atomic E-state index is 13.1. The van der Waals surface area contributed by atoms with Crippen molar-refractivity contribution in [3.63, 3.8) is 0 Å². The SMILES string of the molecule is CC(C)Oc1ccc(CCC2(C3CCCC3)CC(O)=C(Sc3ccc(O)cc3)C(=O)O2)cc1. The van der Waals surface area contributed by atoms with Crippen molar-refractivity contribution in [3.8, 4) is 11.5 Å². The van der Waals surface area contributed by atoms with Gasteiger partial charge in [0.05, 0.1) is 6.10 Å². The maximum atomic E-state index is 13.1. The standard InChI is InChI=1S/C27H32O5S/c1-18(2)31-22-11-7-19(8-12-22)15-16-27(20-5-3-4-6-20)17-24(29)25(26(30)32-27)33-23-13-9-21(28)10-14-23/h7-14,18,20,28-29H,3-6,15-17H2,1-2H3. The van der Waals surface area contributed by atoms with Crippen LogP contribution in [0.25, 0.3) is 0 Å². The van der Waals surface area contributed by atoms with Crippen molar-refractivity contribution in [1.82, 2.24) is 0 Å². The molecule has 1 atom stereocenters. The van der Waals surface area contributed by atoms with Crippen LogP contribution in [0.3, 0.4) is 0 Å². The van der Waals surface area contributed by atoms with Gasteiger partial charge in [-0.15, -0.1) is 0 Å². The van der Waals surface area contributed by atoms with E-state index < -0.39 is 11.6 Å². The van der Waals surface area contributed by atoms with Crippen LogP contribution in [0.1, 0.15) is 57.9 Å². The third-order valence-electron chi connectivity index (χ3n) is 6.50. The Morgan fingerprint density at radius 1 is 1.06 bits per heavy atom. The van der Waals surface area contributed by atoms with E-state index in [4.69, 9.17) is 9.47 Å². The van der Waals surface area contributed by atoms with Gasteiger partial charge < -0.3 is 19.7 Å². The summed E-state index contributed by atoms with van der Waals surface area (Å²) in [6.45, 7) is 4.01. The van der Waals surface area contributed by atoms with Gasteiger partial charge in [0.1, 0.15) is 27.8 Å². The predicted octanol–water partition coefficient (Wildman–Crippen LogP) is 6.55. The quantitative estimate of drug-likeness (QED) is 0.428. The summed E-state index contributed by atoms with van der Waals surface area (Å²) in [7, 11) is 0.